The summed E-state index contributed by atoms with van der Waals surface area (Å²) in [6, 6.07) is 6.87. The molecule has 6 nitrogen and oxygen atoms in total. The fraction of sp³-hybridized carbons (Fsp3) is 0.211. The van der Waals surface area contributed by atoms with Gasteiger partial charge in [0, 0.05) is 5.41 Å². The Bertz CT molecular complexity index is 1100. The van der Waals surface area contributed by atoms with Crippen molar-refractivity contribution in [3.8, 4) is 18.0 Å². The molecule has 0 atom stereocenters. The van der Waals surface area contributed by atoms with Gasteiger partial charge in [-0.3, -0.25) is 14.2 Å². The molecule has 0 saturated carbocycles. The second-order valence-corrected chi connectivity index (χ2v) is 6.85. The molecule has 2 N–H and O–H groups in total. The number of nitrogens with one attached hydrogen (secondary N) is 2. The van der Waals surface area contributed by atoms with Crippen molar-refractivity contribution >= 4 is 22.8 Å². The van der Waals surface area contributed by atoms with Gasteiger partial charge in [0.15, 0.2) is 5.82 Å². The average molecular weight is 352 g/mol. The third-order valence-electron chi connectivity index (χ3n) is 3.80. The normalized spacial score (nSPS) is 11.3. The number of rotatable bonds is 2. The third-order valence-corrected chi connectivity index (χ3v) is 3.80. The maximum Gasteiger partial charge on any atom is 0.268 e. The predicted octanol–water partition coefficient (Wildman–Crippen LogP) is 2.82. The Kier molecular flexibility index (Phi) is 4.12. The largest absolute Gasteiger partial charge is 0.326 e. The third kappa shape index (κ3) is 3.09. The number of halogens is 1. The molecule has 1 amide bonds. The Balaban J connectivity index is 2.15. The molecule has 0 unspecified atom stereocenters. The highest BCUT2D eigenvalue weighted by atomic mass is 19.1. The molecule has 26 heavy (non-hydrogen) atoms. The number of fused-ring (bicyclic) bond motifs is 1. The van der Waals surface area contributed by atoms with E-state index in [1.807, 2.05) is 0 Å². The van der Waals surface area contributed by atoms with Crippen LogP contribution in [-0.2, 0) is 4.79 Å². The van der Waals surface area contributed by atoms with E-state index in [1.165, 1.54) is 34.9 Å². The molecule has 0 aliphatic rings. The first-order valence-corrected chi connectivity index (χ1v) is 7.90. The van der Waals surface area contributed by atoms with Crippen LogP contribution >= 0.6 is 0 Å². The summed E-state index contributed by atoms with van der Waals surface area (Å²) >= 11 is 0. The summed E-state index contributed by atoms with van der Waals surface area (Å²) in [5, 5.41) is 2.98. The lowest BCUT2D eigenvalue weighted by molar-refractivity contribution is -0.123. The molecule has 0 saturated heterocycles. The SMILES string of the molecule is C#Cc1nc2[nH]c(NC(=O)C(C)(C)C)cc2c(=O)n1-c1ccc(F)cc1. The summed E-state index contributed by atoms with van der Waals surface area (Å²) in [5.74, 6) is 2.16. The van der Waals surface area contributed by atoms with E-state index < -0.39 is 16.8 Å². The Hall–Kier alpha value is -3.40. The molecule has 132 valence electrons. The number of hydrogen-bond donors (Lipinski definition) is 2. The van der Waals surface area contributed by atoms with Crippen molar-refractivity contribution in [2.24, 2.45) is 5.41 Å². The second kappa shape index (κ2) is 6.15. The number of aromatic nitrogens is 3. The molecule has 0 radical (unpaired) electrons. The molecule has 3 rings (SSSR count). The molecule has 0 fully saturated rings. The first-order valence-electron chi connectivity index (χ1n) is 7.90. The van der Waals surface area contributed by atoms with Gasteiger partial charge in [0.1, 0.15) is 17.3 Å². The molecule has 2 heterocycles. The minimum atomic E-state index is -0.594. The van der Waals surface area contributed by atoms with Crippen molar-refractivity contribution in [2.75, 3.05) is 5.32 Å². The Labute approximate surface area is 149 Å². The highest BCUT2D eigenvalue weighted by Gasteiger charge is 2.22. The lowest BCUT2D eigenvalue weighted by Gasteiger charge is -2.16. The Morgan fingerprint density at radius 3 is 2.54 bits per heavy atom. The first kappa shape index (κ1) is 17.4. The summed E-state index contributed by atoms with van der Waals surface area (Å²) in [6.45, 7) is 5.34. The molecule has 0 aliphatic heterocycles. The van der Waals surface area contributed by atoms with Crippen LogP contribution in [0.2, 0.25) is 0 Å². The number of amides is 1. The van der Waals surface area contributed by atoms with Crippen LogP contribution in [0, 0.1) is 23.6 Å². The van der Waals surface area contributed by atoms with E-state index in [2.05, 4.69) is 21.2 Å². The van der Waals surface area contributed by atoms with Crippen LogP contribution in [0.3, 0.4) is 0 Å². The van der Waals surface area contributed by atoms with Crippen LogP contribution in [0.5, 0.6) is 0 Å². The van der Waals surface area contributed by atoms with Gasteiger partial charge >= 0.3 is 0 Å². The van der Waals surface area contributed by atoms with Crippen LogP contribution < -0.4 is 10.9 Å². The van der Waals surface area contributed by atoms with E-state index in [1.54, 1.807) is 20.8 Å². The van der Waals surface area contributed by atoms with Crippen molar-refractivity contribution in [1.29, 1.82) is 0 Å². The van der Waals surface area contributed by atoms with Crippen molar-refractivity contribution in [3.63, 3.8) is 0 Å². The molecule has 0 aliphatic carbocycles. The van der Waals surface area contributed by atoms with Crippen molar-refractivity contribution in [3.05, 3.63) is 52.3 Å². The predicted molar refractivity (Wildman–Crippen MR) is 97.7 cm³/mol. The van der Waals surface area contributed by atoms with Crippen LogP contribution in [0.25, 0.3) is 16.7 Å². The smallest absolute Gasteiger partial charge is 0.268 e. The molecule has 7 heteroatoms. The average Bonchev–Trinajstić information content (AvgIpc) is 2.98. The van der Waals surface area contributed by atoms with E-state index in [0.29, 0.717) is 11.5 Å². The molecule has 0 bridgehead atoms. The molecule has 0 spiro atoms. The first-order chi connectivity index (χ1) is 12.2. The van der Waals surface area contributed by atoms with Crippen LogP contribution in [0.15, 0.2) is 35.1 Å². The summed E-state index contributed by atoms with van der Waals surface area (Å²) < 4.78 is 14.4. The van der Waals surface area contributed by atoms with Gasteiger partial charge in [-0.05, 0) is 36.3 Å². The maximum atomic E-state index is 13.2. The minimum Gasteiger partial charge on any atom is -0.326 e. The number of H-pyrrole nitrogens is 1. The number of carbonyl (C=O) groups excluding carboxylic acids is 1. The van der Waals surface area contributed by atoms with Gasteiger partial charge < -0.3 is 10.3 Å². The van der Waals surface area contributed by atoms with Gasteiger partial charge in [-0.2, -0.15) is 0 Å². The summed E-state index contributed by atoms with van der Waals surface area (Å²) in [4.78, 5) is 32.2. The number of hydrogen-bond acceptors (Lipinski definition) is 3. The zero-order valence-electron chi connectivity index (χ0n) is 14.6. The molecule has 3 aromatic rings. The molecular formula is C19H17FN4O2. The van der Waals surface area contributed by atoms with E-state index >= 15 is 0 Å². The Morgan fingerprint density at radius 2 is 1.96 bits per heavy atom. The zero-order chi connectivity index (χ0) is 19.1. The summed E-state index contributed by atoms with van der Waals surface area (Å²) in [6.07, 6.45) is 5.49. The van der Waals surface area contributed by atoms with Gasteiger partial charge in [0.05, 0.1) is 11.1 Å². The fourth-order valence-corrected chi connectivity index (χ4v) is 2.37. The van der Waals surface area contributed by atoms with E-state index in [0.717, 1.165) is 0 Å². The number of carbonyl (C=O) groups is 1. The van der Waals surface area contributed by atoms with Crippen molar-refractivity contribution < 1.29 is 9.18 Å². The van der Waals surface area contributed by atoms with Gasteiger partial charge in [-0.15, -0.1) is 6.42 Å². The van der Waals surface area contributed by atoms with E-state index in [9.17, 15) is 14.0 Å². The lowest BCUT2D eigenvalue weighted by atomic mass is 9.96. The lowest BCUT2D eigenvalue weighted by Crippen LogP contribution is -2.27. The van der Waals surface area contributed by atoms with Crippen LogP contribution in [0.4, 0.5) is 10.2 Å². The van der Waals surface area contributed by atoms with Gasteiger partial charge in [0.2, 0.25) is 5.91 Å². The maximum absolute atomic E-state index is 13.2. The van der Waals surface area contributed by atoms with Gasteiger partial charge in [0.25, 0.3) is 5.56 Å². The second-order valence-electron chi connectivity index (χ2n) is 6.85. The number of nitrogens with zero attached hydrogens (tertiary/aromatic N) is 2. The molecular weight excluding hydrogens is 335 g/mol. The van der Waals surface area contributed by atoms with Crippen molar-refractivity contribution in [1.82, 2.24) is 14.5 Å². The number of anilines is 1. The minimum absolute atomic E-state index is 0.0738. The number of benzene rings is 1. The highest BCUT2D eigenvalue weighted by Crippen LogP contribution is 2.20. The van der Waals surface area contributed by atoms with Crippen LogP contribution in [-0.4, -0.2) is 20.4 Å². The molecule has 1 aromatic carbocycles. The Morgan fingerprint density at radius 1 is 1.31 bits per heavy atom. The zero-order valence-corrected chi connectivity index (χ0v) is 14.6. The topological polar surface area (TPSA) is 79.8 Å². The summed E-state index contributed by atoms with van der Waals surface area (Å²) in [5.41, 5.74) is -0.337. The highest BCUT2D eigenvalue weighted by molar-refractivity contribution is 5.96. The van der Waals surface area contributed by atoms with E-state index in [4.69, 9.17) is 6.42 Å². The van der Waals surface area contributed by atoms with Crippen molar-refractivity contribution in [2.45, 2.75) is 20.8 Å². The molecule has 2 aromatic heterocycles. The summed E-state index contributed by atoms with van der Waals surface area (Å²) in [7, 11) is 0. The number of aromatic amines is 1. The monoisotopic (exact) mass is 352 g/mol. The van der Waals surface area contributed by atoms with E-state index in [-0.39, 0.29) is 22.8 Å². The number of terminal acetylenes is 1. The van der Waals surface area contributed by atoms with Gasteiger partial charge in [-0.25, -0.2) is 9.37 Å². The fourth-order valence-electron chi connectivity index (χ4n) is 2.37. The van der Waals surface area contributed by atoms with Crippen LogP contribution in [0.1, 0.15) is 26.6 Å². The quantitative estimate of drug-likeness (QED) is 0.696. The standard InChI is InChI=1S/C19H17FN4O2/c1-5-15-23-16-13(10-14(21-16)22-18(26)19(2,3)4)17(25)24(15)12-8-6-11(20)7-9-12/h1,6-10,21H,2-4H3,(H,22,26). The van der Waals surface area contributed by atoms with Gasteiger partial charge in [-0.1, -0.05) is 20.8 Å².